The lowest BCUT2D eigenvalue weighted by molar-refractivity contribution is -0.111. The van der Waals surface area contributed by atoms with Gasteiger partial charge in [0, 0.05) is 27.4 Å². The fourth-order valence-electron chi connectivity index (χ4n) is 2.51. The summed E-state index contributed by atoms with van der Waals surface area (Å²) in [6, 6.07) is 12.6. The normalized spacial score (nSPS) is 11.4. The van der Waals surface area contributed by atoms with Crippen LogP contribution >= 0.6 is 34.5 Å². The number of nitrogens with one attached hydrogen (secondary N) is 1. The summed E-state index contributed by atoms with van der Waals surface area (Å²) in [5, 5.41) is 17.2. The number of rotatable bonds is 4. The predicted molar refractivity (Wildman–Crippen MR) is 113 cm³/mol. The van der Waals surface area contributed by atoms with Crippen molar-refractivity contribution in [3.8, 4) is 10.6 Å². The summed E-state index contributed by atoms with van der Waals surface area (Å²) in [5.74, 6) is 0.488. The van der Waals surface area contributed by atoms with Gasteiger partial charge in [-0.2, -0.15) is 9.61 Å². The first-order chi connectivity index (χ1) is 13.5. The Bertz CT molecular complexity index is 1200. The van der Waals surface area contributed by atoms with Gasteiger partial charge in [-0.15, -0.1) is 10.2 Å². The second kappa shape index (κ2) is 7.71. The SMILES string of the molecule is Cc1nnc2sc(-c3ccc(NC(=O)C=Cc4ccc(Cl)cc4Cl)cc3)nn12. The van der Waals surface area contributed by atoms with Gasteiger partial charge >= 0.3 is 0 Å². The van der Waals surface area contributed by atoms with Crippen molar-refractivity contribution in [1.82, 2.24) is 19.8 Å². The molecule has 0 radical (unpaired) electrons. The zero-order chi connectivity index (χ0) is 19.7. The molecule has 0 aliphatic rings. The predicted octanol–water partition coefficient (Wildman–Crippen LogP) is 5.12. The van der Waals surface area contributed by atoms with E-state index < -0.39 is 0 Å². The molecule has 0 fully saturated rings. The van der Waals surface area contributed by atoms with E-state index in [0.717, 1.165) is 26.9 Å². The largest absolute Gasteiger partial charge is 0.323 e. The molecule has 2 heterocycles. The summed E-state index contributed by atoms with van der Waals surface area (Å²) in [6.07, 6.45) is 3.07. The van der Waals surface area contributed by atoms with Crippen LogP contribution in [0.15, 0.2) is 48.5 Å². The first-order valence-electron chi connectivity index (χ1n) is 8.23. The topological polar surface area (TPSA) is 72.2 Å². The minimum atomic E-state index is -0.256. The van der Waals surface area contributed by atoms with Gasteiger partial charge in [-0.3, -0.25) is 4.79 Å². The number of benzene rings is 2. The molecule has 0 unspecified atom stereocenters. The monoisotopic (exact) mass is 429 g/mol. The molecular formula is C19H13Cl2N5OS. The number of carbonyl (C=O) groups excluding carboxylic acids is 1. The maximum Gasteiger partial charge on any atom is 0.248 e. The summed E-state index contributed by atoms with van der Waals surface area (Å²) < 4.78 is 1.71. The summed E-state index contributed by atoms with van der Waals surface area (Å²) >= 11 is 13.4. The van der Waals surface area contributed by atoms with Crippen LogP contribution in [0.25, 0.3) is 21.6 Å². The third-order valence-corrected chi connectivity index (χ3v) is 5.43. The fraction of sp³-hybridized carbons (Fsp3) is 0.0526. The minimum Gasteiger partial charge on any atom is -0.323 e. The van der Waals surface area contributed by atoms with Crippen LogP contribution in [0.2, 0.25) is 10.0 Å². The van der Waals surface area contributed by atoms with Crippen LogP contribution in [0.1, 0.15) is 11.4 Å². The third-order valence-electron chi connectivity index (χ3n) is 3.92. The molecule has 9 heteroatoms. The Balaban J connectivity index is 1.45. The van der Waals surface area contributed by atoms with Crippen molar-refractivity contribution in [2.24, 2.45) is 0 Å². The molecule has 6 nitrogen and oxygen atoms in total. The molecule has 0 aliphatic heterocycles. The number of amides is 1. The highest BCUT2D eigenvalue weighted by atomic mass is 35.5. The van der Waals surface area contributed by atoms with E-state index in [4.69, 9.17) is 23.2 Å². The van der Waals surface area contributed by atoms with Gasteiger partial charge < -0.3 is 5.32 Å². The number of nitrogens with zero attached hydrogens (tertiary/aromatic N) is 4. The van der Waals surface area contributed by atoms with Crippen molar-refractivity contribution in [2.75, 3.05) is 5.32 Å². The Kier molecular flexibility index (Phi) is 5.13. The van der Waals surface area contributed by atoms with E-state index in [1.165, 1.54) is 17.4 Å². The highest BCUT2D eigenvalue weighted by molar-refractivity contribution is 7.19. The van der Waals surface area contributed by atoms with E-state index in [1.54, 1.807) is 28.8 Å². The molecular weight excluding hydrogens is 417 g/mol. The van der Waals surface area contributed by atoms with E-state index in [1.807, 2.05) is 31.2 Å². The molecule has 0 atom stereocenters. The van der Waals surface area contributed by atoms with Crippen LogP contribution in [0.5, 0.6) is 0 Å². The van der Waals surface area contributed by atoms with Crippen molar-refractivity contribution in [2.45, 2.75) is 6.92 Å². The molecule has 2 aromatic heterocycles. The first kappa shape index (κ1) is 18.6. The standard InChI is InChI=1S/C19H13Cl2N5OS/c1-11-23-24-19-26(11)25-18(28-19)13-3-7-15(8-4-13)22-17(27)9-5-12-2-6-14(20)10-16(12)21/h2-10H,1H3,(H,22,27). The average Bonchev–Trinajstić information content (AvgIpc) is 3.24. The highest BCUT2D eigenvalue weighted by Crippen LogP contribution is 2.26. The highest BCUT2D eigenvalue weighted by Gasteiger charge is 2.10. The van der Waals surface area contributed by atoms with Crippen LogP contribution in [-0.4, -0.2) is 25.7 Å². The van der Waals surface area contributed by atoms with Crippen molar-refractivity contribution in [3.05, 3.63) is 70.0 Å². The molecule has 0 aliphatic carbocycles. The first-order valence-corrected chi connectivity index (χ1v) is 9.80. The second-order valence-corrected chi connectivity index (χ2v) is 7.71. The van der Waals surface area contributed by atoms with Crippen molar-refractivity contribution >= 4 is 57.2 Å². The maximum absolute atomic E-state index is 12.1. The summed E-state index contributed by atoms with van der Waals surface area (Å²) in [6.45, 7) is 1.85. The number of anilines is 1. The lowest BCUT2D eigenvalue weighted by atomic mass is 10.2. The molecule has 4 rings (SSSR count). The van der Waals surface area contributed by atoms with Gasteiger partial charge in [-0.1, -0.05) is 40.6 Å². The van der Waals surface area contributed by atoms with Crippen molar-refractivity contribution in [3.63, 3.8) is 0 Å². The van der Waals surface area contributed by atoms with Gasteiger partial charge in [0.25, 0.3) is 0 Å². The van der Waals surface area contributed by atoms with Crippen molar-refractivity contribution < 1.29 is 4.79 Å². The lowest BCUT2D eigenvalue weighted by Gasteiger charge is -2.03. The summed E-state index contributed by atoms with van der Waals surface area (Å²) in [7, 11) is 0. The Labute approximate surface area is 174 Å². The molecule has 0 saturated carbocycles. The van der Waals surface area contributed by atoms with Crippen LogP contribution in [0.3, 0.4) is 0 Å². The zero-order valence-electron chi connectivity index (χ0n) is 14.6. The molecule has 0 bridgehead atoms. The molecule has 2 aromatic carbocycles. The number of fused-ring (bicyclic) bond motifs is 1. The molecule has 28 heavy (non-hydrogen) atoms. The Morgan fingerprint density at radius 3 is 2.64 bits per heavy atom. The van der Waals surface area contributed by atoms with E-state index in [-0.39, 0.29) is 5.91 Å². The molecule has 0 saturated heterocycles. The van der Waals surface area contributed by atoms with Gasteiger partial charge in [0.1, 0.15) is 5.01 Å². The van der Waals surface area contributed by atoms with E-state index in [0.29, 0.717) is 15.7 Å². The van der Waals surface area contributed by atoms with Crippen LogP contribution in [0.4, 0.5) is 5.69 Å². The Hall–Kier alpha value is -2.74. The van der Waals surface area contributed by atoms with Crippen molar-refractivity contribution in [1.29, 1.82) is 0 Å². The molecule has 1 amide bonds. The number of hydrogen-bond acceptors (Lipinski definition) is 5. The molecule has 4 aromatic rings. The molecule has 1 N–H and O–H groups in total. The van der Waals surface area contributed by atoms with Crippen LogP contribution < -0.4 is 5.32 Å². The van der Waals surface area contributed by atoms with E-state index in [9.17, 15) is 4.79 Å². The van der Waals surface area contributed by atoms with E-state index in [2.05, 4.69) is 20.6 Å². The zero-order valence-corrected chi connectivity index (χ0v) is 16.9. The Morgan fingerprint density at radius 2 is 1.93 bits per heavy atom. The van der Waals surface area contributed by atoms with Gasteiger partial charge in [-0.05, 0) is 55.0 Å². The molecule has 140 valence electrons. The minimum absolute atomic E-state index is 0.256. The summed E-state index contributed by atoms with van der Waals surface area (Å²) in [4.78, 5) is 12.9. The van der Waals surface area contributed by atoms with Crippen LogP contribution in [-0.2, 0) is 4.79 Å². The second-order valence-electron chi connectivity index (χ2n) is 5.91. The molecule has 0 spiro atoms. The maximum atomic E-state index is 12.1. The fourth-order valence-corrected chi connectivity index (χ4v) is 3.88. The number of aryl methyl sites for hydroxylation is 1. The van der Waals surface area contributed by atoms with E-state index >= 15 is 0 Å². The van der Waals surface area contributed by atoms with Crippen LogP contribution in [0, 0.1) is 6.92 Å². The Morgan fingerprint density at radius 1 is 1.14 bits per heavy atom. The quantitative estimate of drug-likeness (QED) is 0.456. The third kappa shape index (κ3) is 3.91. The smallest absolute Gasteiger partial charge is 0.248 e. The lowest BCUT2D eigenvalue weighted by Crippen LogP contribution is -2.07. The number of hydrogen-bond donors (Lipinski definition) is 1. The van der Waals surface area contributed by atoms with Gasteiger partial charge in [0.15, 0.2) is 5.82 Å². The average molecular weight is 430 g/mol. The van der Waals surface area contributed by atoms with Gasteiger partial charge in [0.2, 0.25) is 10.9 Å². The number of carbonyl (C=O) groups is 1. The van der Waals surface area contributed by atoms with Gasteiger partial charge in [-0.25, -0.2) is 0 Å². The number of halogens is 2. The number of aromatic nitrogens is 4. The summed E-state index contributed by atoms with van der Waals surface area (Å²) in [5.41, 5.74) is 2.34. The van der Waals surface area contributed by atoms with Gasteiger partial charge in [0.05, 0.1) is 0 Å².